The van der Waals surface area contributed by atoms with Gasteiger partial charge in [-0.05, 0) is 93.2 Å². The molecule has 0 aliphatic carbocycles. The van der Waals surface area contributed by atoms with Crippen LogP contribution in [-0.4, -0.2) is 121 Å². The summed E-state index contributed by atoms with van der Waals surface area (Å²) in [6, 6.07) is 8.82. The molecule has 5 atom stereocenters. The Hall–Kier alpha value is -4.78. The van der Waals surface area contributed by atoms with Crippen LogP contribution in [0.2, 0.25) is 16.6 Å². The minimum atomic E-state index is -2.17. The number of nitrogens with zero attached hydrogens (tertiary/aromatic N) is 6. The third kappa shape index (κ3) is 7.94. The number of benzene rings is 2. The van der Waals surface area contributed by atoms with Gasteiger partial charge in [0.1, 0.15) is 61.2 Å². The van der Waals surface area contributed by atoms with Gasteiger partial charge in [0.25, 0.3) is 0 Å². The Kier molecular flexibility index (Phi) is 12.0. The molecule has 2 bridgehead atoms. The van der Waals surface area contributed by atoms with Crippen molar-refractivity contribution in [1.29, 1.82) is 0 Å². The molecule has 15 heteroatoms. The summed E-state index contributed by atoms with van der Waals surface area (Å²) in [5, 5.41) is 1.85. The maximum Gasteiger partial charge on any atom is 0.410 e. The van der Waals surface area contributed by atoms with Crippen molar-refractivity contribution in [2.75, 3.05) is 51.7 Å². The van der Waals surface area contributed by atoms with Crippen molar-refractivity contribution in [3.8, 4) is 40.4 Å². The van der Waals surface area contributed by atoms with E-state index in [0.717, 1.165) is 48.6 Å². The second-order valence-electron chi connectivity index (χ2n) is 20.8. The zero-order chi connectivity index (χ0) is 46.2. The molecule has 12 nitrogen and oxygen atoms in total. The lowest BCUT2D eigenvalue weighted by Crippen LogP contribution is -2.63. The highest BCUT2D eigenvalue weighted by molar-refractivity contribution is 6.90. The standard InChI is InChI=1S/C50H64F2N6O6Si/c1-29(2)65(30(3)4,31(5)6)20-17-32-13-11-14-33-21-36(63-28-60-10)22-37(40(32)33)43-42(52)44-41-45(55-47(54-44)62-27-50-18-12-19-56(50)24-34(51)23-50)57-25-35-15-16-38(39(57)26-61-46(41)53-43)58(35)48(59)64-49(7,8)9/h11,13-14,21-22,29-31,34-35,38-39H,12,15-16,18-19,23-28H2,1-10H3/t34-,35-,38+,39+,50-/m1/s1. The Labute approximate surface area is 382 Å². The molecule has 2 aromatic carbocycles. The highest BCUT2D eigenvalue weighted by atomic mass is 28.3. The van der Waals surface area contributed by atoms with Crippen LogP contribution >= 0.6 is 0 Å². The number of anilines is 1. The van der Waals surface area contributed by atoms with Crippen molar-refractivity contribution in [2.45, 2.75) is 146 Å². The first-order valence-corrected chi connectivity index (χ1v) is 25.7. The predicted octanol–water partition coefficient (Wildman–Crippen LogP) is 9.84. The van der Waals surface area contributed by atoms with Crippen LogP contribution < -0.4 is 19.1 Å². The number of pyridine rings is 1. The van der Waals surface area contributed by atoms with Crippen LogP contribution in [-0.2, 0) is 9.47 Å². The quantitative estimate of drug-likeness (QED) is 0.0862. The molecule has 348 valence electrons. The summed E-state index contributed by atoms with van der Waals surface area (Å²) in [7, 11) is -0.624. The summed E-state index contributed by atoms with van der Waals surface area (Å²) in [6.45, 7) is 21.2. The second kappa shape index (κ2) is 17.1. The number of rotatable bonds is 10. The number of carbonyl (C=O) groups is 1. The van der Waals surface area contributed by atoms with Crippen molar-refractivity contribution >= 4 is 41.7 Å². The largest absolute Gasteiger partial charge is 0.475 e. The molecule has 0 N–H and O–H groups in total. The molecule has 5 aliphatic heterocycles. The third-order valence-electron chi connectivity index (χ3n) is 14.8. The smallest absolute Gasteiger partial charge is 0.410 e. The van der Waals surface area contributed by atoms with Crippen LogP contribution in [0.5, 0.6) is 17.6 Å². The molecule has 1 amide bonds. The van der Waals surface area contributed by atoms with Gasteiger partial charge in [0.2, 0.25) is 5.88 Å². The van der Waals surface area contributed by atoms with Gasteiger partial charge in [-0.25, -0.2) is 18.6 Å². The SMILES string of the molecule is COCOc1cc(-c2nc3c4c(nc(OC[C@]56CCCN5C[C@H](F)C6)nc4c2F)N2C[C@H]4CC[C@@H]([C@@H]2CO3)N4C(=O)OC(C)(C)C)c2c(C#C[Si](C(C)C)(C(C)C)C(C)C)cccc2c1. The van der Waals surface area contributed by atoms with E-state index in [-0.39, 0.29) is 67.3 Å². The van der Waals surface area contributed by atoms with Gasteiger partial charge in [0, 0.05) is 43.1 Å². The summed E-state index contributed by atoms with van der Waals surface area (Å²) in [5.74, 6) is 4.05. The Balaban J connectivity index is 1.23. The van der Waals surface area contributed by atoms with Crippen molar-refractivity contribution in [3.05, 3.63) is 41.7 Å². The van der Waals surface area contributed by atoms with Crippen LogP contribution in [0.15, 0.2) is 30.3 Å². The minimum absolute atomic E-state index is 0.00564. The summed E-state index contributed by atoms with van der Waals surface area (Å²) >= 11 is 0. The zero-order valence-corrected chi connectivity index (χ0v) is 40.6. The molecule has 4 saturated heterocycles. The number of alkyl halides is 1. The van der Waals surface area contributed by atoms with Crippen molar-refractivity contribution in [1.82, 2.24) is 24.8 Å². The van der Waals surface area contributed by atoms with Crippen LogP contribution in [0.25, 0.3) is 32.9 Å². The summed E-state index contributed by atoms with van der Waals surface area (Å²) in [4.78, 5) is 34.9. The van der Waals surface area contributed by atoms with E-state index in [1.165, 1.54) is 0 Å². The minimum Gasteiger partial charge on any atom is -0.475 e. The molecule has 9 rings (SSSR count). The number of halogens is 2. The van der Waals surface area contributed by atoms with Gasteiger partial charge < -0.3 is 28.6 Å². The number of ether oxygens (including phenoxy) is 5. The van der Waals surface area contributed by atoms with Gasteiger partial charge in [-0.1, -0.05) is 59.6 Å². The Morgan fingerprint density at radius 1 is 1.00 bits per heavy atom. The van der Waals surface area contributed by atoms with E-state index in [1.54, 1.807) is 13.2 Å². The number of fused-ring (bicyclic) bond motifs is 7. The average molecular weight is 911 g/mol. The van der Waals surface area contributed by atoms with Crippen molar-refractivity contribution < 1.29 is 37.3 Å². The van der Waals surface area contributed by atoms with Gasteiger partial charge in [-0.3, -0.25) is 9.80 Å². The monoisotopic (exact) mass is 910 g/mol. The number of hydrogen-bond acceptors (Lipinski definition) is 11. The maximum atomic E-state index is 18.1. The van der Waals surface area contributed by atoms with Crippen LogP contribution in [0.3, 0.4) is 0 Å². The molecule has 4 fully saturated rings. The van der Waals surface area contributed by atoms with E-state index in [0.29, 0.717) is 58.7 Å². The molecule has 0 spiro atoms. The lowest BCUT2D eigenvalue weighted by Gasteiger charge is -2.46. The lowest BCUT2D eigenvalue weighted by molar-refractivity contribution is 0.00537. The van der Waals surface area contributed by atoms with Crippen LogP contribution in [0.1, 0.15) is 100.0 Å². The number of carbonyl (C=O) groups excluding carboxylic acids is 1. The predicted molar refractivity (Wildman–Crippen MR) is 251 cm³/mol. The molecule has 0 radical (unpaired) electrons. The fraction of sp³-hybridized carbons (Fsp3) is 0.600. The maximum absolute atomic E-state index is 18.1. The molecule has 0 unspecified atom stereocenters. The number of aromatic nitrogens is 3. The highest BCUT2D eigenvalue weighted by Gasteiger charge is 2.53. The van der Waals surface area contributed by atoms with Gasteiger partial charge in [0.15, 0.2) is 12.6 Å². The lowest BCUT2D eigenvalue weighted by atomic mass is 9.95. The normalized spacial score (nSPS) is 24.0. The molecular weight excluding hydrogens is 847 g/mol. The number of hydrogen-bond donors (Lipinski definition) is 0. The molecule has 65 heavy (non-hydrogen) atoms. The van der Waals surface area contributed by atoms with Crippen LogP contribution in [0.4, 0.5) is 19.4 Å². The second-order valence-corrected chi connectivity index (χ2v) is 26.4. The van der Waals surface area contributed by atoms with Gasteiger partial charge in [-0.15, -0.1) is 5.54 Å². The van der Waals surface area contributed by atoms with E-state index in [9.17, 15) is 9.18 Å². The topological polar surface area (TPSA) is 112 Å². The first-order chi connectivity index (χ1) is 30.9. The molecule has 2 aromatic heterocycles. The first kappa shape index (κ1) is 45.4. The van der Waals surface area contributed by atoms with E-state index >= 15 is 4.39 Å². The average Bonchev–Trinajstić information content (AvgIpc) is 3.85. The third-order valence-corrected chi connectivity index (χ3v) is 21.1. The summed E-state index contributed by atoms with van der Waals surface area (Å²) in [5.41, 5.74) is 5.18. The van der Waals surface area contributed by atoms with E-state index in [4.69, 9.17) is 38.6 Å². The van der Waals surface area contributed by atoms with E-state index in [2.05, 4.69) is 62.8 Å². The Morgan fingerprint density at radius 2 is 1.77 bits per heavy atom. The fourth-order valence-electron chi connectivity index (χ4n) is 12.1. The van der Waals surface area contributed by atoms with Crippen molar-refractivity contribution in [2.24, 2.45) is 0 Å². The summed E-state index contributed by atoms with van der Waals surface area (Å²) < 4.78 is 63.6. The molecular formula is C50H64F2N6O6Si. The number of amides is 1. The van der Waals surface area contributed by atoms with Gasteiger partial charge in [0.05, 0.1) is 23.7 Å². The molecule has 5 aliphatic rings. The zero-order valence-electron chi connectivity index (χ0n) is 39.6. The van der Waals surface area contributed by atoms with Gasteiger partial charge >= 0.3 is 12.1 Å². The highest BCUT2D eigenvalue weighted by Crippen LogP contribution is 2.48. The van der Waals surface area contributed by atoms with Crippen molar-refractivity contribution in [3.63, 3.8) is 0 Å². The van der Waals surface area contributed by atoms with Gasteiger partial charge in [-0.2, -0.15) is 9.97 Å². The molecule has 7 heterocycles. The number of methoxy groups -OCH3 is 1. The molecule has 4 aromatic rings. The number of piperazine rings is 1. The Morgan fingerprint density at radius 3 is 2.49 bits per heavy atom. The summed E-state index contributed by atoms with van der Waals surface area (Å²) in [6.07, 6.45) is 2.29. The fourth-order valence-corrected chi connectivity index (χ4v) is 17.3. The van der Waals surface area contributed by atoms with Crippen LogP contribution in [0, 0.1) is 17.3 Å². The molecule has 0 saturated carbocycles. The van der Waals surface area contributed by atoms with E-state index in [1.807, 2.05) is 49.9 Å². The Bertz CT molecular complexity index is 2540. The first-order valence-electron chi connectivity index (χ1n) is 23.5. The van der Waals surface area contributed by atoms with E-state index < -0.39 is 31.2 Å².